The molecule has 146 valence electrons. The van der Waals surface area contributed by atoms with E-state index in [2.05, 4.69) is 91.0 Å². The second-order valence-corrected chi connectivity index (χ2v) is 8.45. The molecule has 0 saturated carbocycles. The minimum atomic E-state index is -0.214. The third kappa shape index (κ3) is 5.05. The molecule has 0 aliphatic carbocycles. The summed E-state index contributed by atoms with van der Waals surface area (Å²) in [5.41, 5.74) is 15.3. The van der Waals surface area contributed by atoms with Crippen LogP contribution in [0.3, 0.4) is 0 Å². The fourth-order valence-corrected chi connectivity index (χ4v) is 5.22. The highest BCUT2D eigenvalue weighted by Crippen LogP contribution is 2.48. The summed E-state index contributed by atoms with van der Waals surface area (Å²) in [4.78, 5) is 0. The zero-order chi connectivity index (χ0) is 19.7. The first-order chi connectivity index (χ1) is 13.7. The lowest BCUT2D eigenvalue weighted by Crippen LogP contribution is -2.29. The summed E-state index contributed by atoms with van der Waals surface area (Å²) in [6.45, 7) is 0. The number of hydrogen-bond acceptors (Lipinski definition) is 3. The Hall–Kier alpha value is -2.07. The molecular weight excluding hydrogens is 360 g/mol. The number of unbranched alkanes of at least 4 members (excludes halogenated alkanes) is 2. The van der Waals surface area contributed by atoms with E-state index in [0.717, 1.165) is 31.4 Å². The van der Waals surface area contributed by atoms with Crippen LogP contribution in [0, 0.1) is 0 Å². The number of rotatable bonds is 10. The molecule has 0 aliphatic heterocycles. The van der Waals surface area contributed by atoms with Crippen LogP contribution in [-0.2, 0) is 4.75 Å². The Labute approximate surface area is 173 Å². The lowest BCUT2D eigenvalue weighted by atomic mass is 9.84. The van der Waals surface area contributed by atoms with E-state index in [1.54, 1.807) is 0 Å². The fraction of sp³-hybridized carbons (Fsp3) is 0.280. The molecule has 0 aliphatic rings. The molecule has 28 heavy (non-hydrogen) atoms. The van der Waals surface area contributed by atoms with Gasteiger partial charge in [0.2, 0.25) is 0 Å². The van der Waals surface area contributed by atoms with Gasteiger partial charge in [0.15, 0.2) is 0 Å². The van der Waals surface area contributed by atoms with Crippen molar-refractivity contribution in [1.82, 2.24) is 0 Å². The molecule has 0 aromatic heterocycles. The van der Waals surface area contributed by atoms with E-state index >= 15 is 0 Å². The van der Waals surface area contributed by atoms with Crippen molar-refractivity contribution < 1.29 is 0 Å². The average Bonchev–Trinajstić information content (AvgIpc) is 2.75. The van der Waals surface area contributed by atoms with Gasteiger partial charge < -0.3 is 11.5 Å². The first-order valence-electron chi connectivity index (χ1n) is 10.0. The number of thioether (sulfide) groups is 1. The van der Waals surface area contributed by atoms with Crippen LogP contribution < -0.4 is 11.5 Å². The molecule has 0 amide bonds. The summed E-state index contributed by atoms with van der Waals surface area (Å²) < 4.78 is -0.214. The van der Waals surface area contributed by atoms with Crippen LogP contribution in [0.4, 0.5) is 0 Å². The quantitative estimate of drug-likeness (QED) is 0.272. The van der Waals surface area contributed by atoms with Gasteiger partial charge in [0.05, 0.1) is 10.9 Å². The van der Waals surface area contributed by atoms with Gasteiger partial charge in [-0.3, -0.25) is 0 Å². The summed E-state index contributed by atoms with van der Waals surface area (Å²) in [6.07, 6.45) is 4.11. The van der Waals surface area contributed by atoms with Crippen molar-refractivity contribution in [2.75, 3.05) is 5.75 Å². The van der Waals surface area contributed by atoms with Crippen molar-refractivity contribution in [3.63, 3.8) is 0 Å². The monoisotopic (exact) mass is 390 g/mol. The Morgan fingerprint density at radius 3 is 1.43 bits per heavy atom. The average molecular weight is 391 g/mol. The molecule has 0 fully saturated rings. The van der Waals surface area contributed by atoms with E-state index in [4.69, 9.17) is 11.5 Å². The Morgan fingerprint density at radius 1 is 0.607 bits per heavy atom. The van der Waals surface area contributed by atoms with Crippen LogP contribution in [0.1, 0.15) is 42.4 Å². The van der Waals surface area contributed by atoms with Crippen LogP contribution in [0.15, 0.2) is 91.0 Å². The molecule has 0 atom stereocenters. The van der Waals surface area contributed by atoms with Crippen molar-refractivity contribution >= 4 is 11.8 Å². The predicted molar refractivity (Wildman–Crippen MR) is 122 cm³/mol. The van der Waals surface area contributed by atoms with E-state index in [-0.39, 0.29) is 10.9 Å². The molecule has 0 saturated heterocycles. The molecule has 3 heteroatoms. The lowest BCUT2D eigenvalue weighted by Gasteiger charge is -2.35. The van der Waals surface area contributed by atoms with Crippen LogP contribution in [0.5, 0.6) is 0 Å². The first-order valence-corrected chi connectivity index (χ1v) is 11.0. The predicted octanol–water partition coefficient (Wildman–Crippen LogP) is 5.52. The van der Waals surface area contributed by atoms with Crippen LogP contribution in [0.2, 0.25) is 0 Å². The summed E-state index contributed by atoms with van der Waals surface area (Å²) in [6, 6.07) is 32.6. The van der Waals surface area contributed by atoms with Gasteiger partial charge >= 0.3 is 0 Å². The standard InChI is InChI=1S/C25H30N2S/c26-24(27)19-11-4-12-20-28-25(21-13-5-1-6-14-21,22-15-7-2-8-16-22)23-17-9-3-10-18-23/h1-3,5-10,13-18,24H,4,11-12,19-20,26-27H2. The summed E-state index contributed by atoms with van der Waals surface area (Å²) >= 11 is 2.02. The Kier molecular flexibility index (Phi) is 7.72. The number of nitrogens with two attached hydrogens (primary N) is 2. The normalized spacial score (nSPS) is 11.7. The maximum Gasteiger partial charge on any atom is 0.0906 e. The molecule has 4 N–H and O–H groups in total. The van der Waals surface area contributed by atoms with Gasteiger partial charge in [-0.25, -0.2) is 0 Å². The highest BCUT2D eigenvalue weighted by atomic mass is 32.2. The minimum Gasteiger partial charge on any atom is -0.316 e. The number of benzene rings is 3. The zero-order valence-electron chi connectivity index (χ0n) is 16.3. The van der Waals surface area contributed by atoms with Crippen molar-refractivity contribution in [3.05, 3.63) is 108 Å². The smallest absolute Gasteiger partial charge is 0.0906 e. The summed E-state index contributed by atoms with van der Waals surface area (Å²) in [5.74, 6) is 1.08. The zero-order valence-corrected chi connectivity index (χ0v) is 17.2. The molecule has 3 aromatic carbocycles. The second kappa shape index (κ2) is 10.5. The molecule has 0 radical (unpaired) electrons. The van der Waals surface area contributed by atoms with Gasteiger partial charge in [-0.2, -0.15) is 0 Å². The van der Waals surface area contributed by atoms with Crippen LogP contribution in [0.25, 0.3) is 0 Å². The van der Waals surface area contributed by atoms with Crippen molar-refractivity contribution in [1.29, 1.82) is 0 Å². The Balaban J connectivity index is 1.93. The van der Waals surface area contributed by atoms with Gasteiger partial charge in [0.1, 0.15) is 0 Å². The van der Waals surface area contributed by atoms with E-state index in [1.807, 2.05) is 11.8 Å². The highest BCUT2D eigenvalue weighted by Gasteiger charge is 2.36. The maximum atomic E-state index is 5.68. The summed E-state index contributed by atoms with van der Waals surface area (Å²) in [7, 11) is 0. The molecule has 0 heterocycles. The van der Waals surface area contributed by atoms with Gasteiger partial charge in [-0.15, -0.1) is 11.8 Å². The topological polar surface area (TPSA) is 52.0 Å². The molecule has 0 spiro atoms. The molecule has 0 unspecified atom stereocenters. The fourth-order valence-electron chi connectivity index (χ4n) is 3.65. The molecule has 2 nitrogen and oxygen atoms in total. The summed E-state index contributed by atoms with van der Waals surface area (Å²) in [5, 5.41) is 0. The van der Waals surface area contributed by atoms with Crippen LogP contribution >= 0.6 is 11.8 Å². The molecular formula is C25H30N2S. The first kappa shape index (κ1) is 20.7. The SMILES string of the molecule is NC(N)CCCCCSC(c1ccccc1)(c1ccccc1)c1ccccc1. The van der Waals surface area contributed by atoms with Gasteiger partial charge in [0.25, 0.3) is 0 Å². The van der Waals surface area contributed by atoms with E-state index in [9.17, 15) is 0 Å². The second-order valence-electron chi connectivity index (χ2n) is 7.14. The molecule has 3 rings (SSSR count). The van der Waals surface area contributed by atoms with Crippen LogP contribution in [-0.4, -0.2) is 11.9 Å². The third-order valence-corrected chi connectivity index (χ3v) is 6.67. The van der Waals surface area contributed by atoms with E-state index in [1.165, 1.54) is 16.7 Å². The van der Waals surface area contributed by atoms with Crippen molar-refractivity contribution in [3.8, 4) is 0 Å². The third-order valence-electron chi connectivity index (χ3n) is 5.04. The van der Waals surface area contributed by atoms with E-state index < -0.39 is 0 Å². The van der Waals surface area contributed by atoms with Crippen molar-refractivity contribution in [2.24, 2.45) is 11.5 Å². The van der Waals surface area contributed by atoms with Gasteiger partial charge in [0, 0.05) is 0 Å². The maximum absolute atomic E-state index is 5.68. The van der Waals surface area contributed by atoms with Gasteiger partial charge in [-0.1, -0.05) is 104 Å². The Bertz CT molecular complexity index is 707. The largest absolute Gasteiger partial charge is 0.316 e. The lowest BCUT2D eigenvalue weighted by molar-refractivity contribution is 0.576. The highest BCUT2D eigenvalue weighted by molar-refractivity contribution is 8.00. The molecule has 0 bridgehead atoms. The van der Waals surface area contributed by atoms with Gasteiger partial charge in [-0.05, 0) is 35.3 Å². The Morgan fingerprint density at radius 2 is 1.04 bits per heavy atom. The molecule has 3 aromatic rings. The van der Waals surface area contributed by atoms with Crippen molar-refractivity contribution in [2.45, 2.75) is 36.6 Å². The number of hydrogen-bond donors (Lipinski definition) is 2. The van der Waals surface area contributed by atoms with E-state index in [0.29, 0.717) is 0 Å². The minimum absolute atomic E-state index is 0.190.